The first-order chi connectivity index (χ1) is 13.1. The van der Waals surface area contributed by atoms with Crippen molar-refractivity contribution in [3.05, 3.63) is 66.6 Å². The first-order valence-corrected chi connectivity index (χ1v) is 9.03. The van der Waals surface area contributed by atoms with Crippen molar-refractivity contribution in [2.45, 2.75) is 32.6 Å². The molecule has 5 heteroatoms. The highest BCUT2D eigenvalue weighted by atomic mass is 16.4. The topological polar surface area (TPSA) is 75.1 Å². The van der Waals surface area contributed by atoms with Gasteiger partial charge in [-0.3, -0.25) is 4.79 Å². The Morgan fingerprint density at radius 1 is 1.15 bits per heavy atom. The predicted octanol–water partition coefficient (Wildman–Crippen LogP) is 5.21. The van der Waals surface area contributed by atoms with Crippen molar-refractivity contribution in [3.63, 3.8) is 0 Å². The molecule has 0 aliphatic carbocycles. The molecular weight excluding hydrogens is 338 g/mol. The smallest absolute Gasteiger partial charge is 0.303 e. The van der Waals surface area contributed by atoms with Gasteiger partial charge in [-0.2, -0.15) is 0 Å². The van der Waals surface area contributed by atoms with Gasteiger partial charge in [-0.25, -0.2) is 9.97 Å². The highest BCUT2D eigenvalue weighted by Crippen LogP contribution is 2.32. The van der Waals surface area contributed by atoms with E-state index in [9.17, 15) is 4.79 Å². The quantitative estimate of drug-likeness (QED) is 0.604. The van der Waals surface area contributed by atoms with E-state index in [1.807, 2.05) is 12.1 Å². The average molecular weight is 361 g/mol. The lowest BCUT2D eigenvalue weighted by Crippen LogP contribution is -1.97. The molecule has 0 amide bonds. The Balaban J connectivity index is 1.95. The Kier molecular flexibility index (Phi) is 5.81. The standard InChI is InChI=1S/C22H23N3O2/c1-15(2)16-9-11-17(12-10-16)18-6-5-7-19-21(18)22(25-14-24-19)23-13-4-3-8-20(26)27/h4-7,9-15H,3,8H2,1-2H3,(H,26,27)(H,23,24,25)/b13-4+. The molecule has 2 aromatic carbocycles. The van der Waals surface area contributed by atoms with Crippen LogP contribution in [-0.4, -0.2) is 21.0 Å². The van der Waals surface area contributed by atoms with Crippen LogP contribution in [0.2, 0.25) is 0 Å². The predicted molar refractivity (Wildman–Crippen MR) is 109 cm³/mol. The molecule has 2 N–H and O–H groups in total. The summed E-state index contributed by atoms with van der Waals surface area (Å²) in [5.74, 6) is 0.387. The zero-order chi connectivity index (χ0) is 19.2. The number of allylic oxidation sites excluding steroid dienone is 1. The van der Waals surface area contributed by atoms with E-state index in [0.29, 0.717) is 18.2 Å². The van der Waals surface area contributed by atoms with Crippen molar-refractivity contribution in [1.29, 1.82) is 0 Å². The highest BCUT2D eigenvalue weighted by molar-refractivity contribution is 6.01. The second-order valence-corrected chi connectivity index (χ2v) is 6.68. The third-order valence-electron chi connectivity index (χ3n) is 4.41. The van der Waals surface area contributed by atoms with Crippen LogP contribution in [0.4, 0.5) is 5.82 Å². The van der Waals surface area contributed by atoms with Gasteiger partial charge in [0.05, 0.1) is 10.9 Å². The molecule has 1 aromatic heterocycles. The lowest BCUT2D eigenvalue weighted by molar-refractivity contribution is -0.136. The Bertz CT molecular complexity index is 958. The van der Waals surface area contributed by atoms with Gasteiger partial charge < -0.3 is 10.4 Å². The summed E-state index contributed by atoms with van der Waals surface area (Å²) < 4.78 is 0. The van der Waals surface area contributed by atoms with Gasteiger partial charge in [0.2, 0.25) is 0 Å². The Hall–Kier alpha value is -3.21. The molecule has 138 valence electrons. The van der Waals surface area contributed by atoms with Gasteiger partial charge in [0.15, 0.2) is 0 Å². The third-order valence-corrected chi connectivity index (χ3v) is 4.41. The molecule has 0 atom stereocenters. The van der Waals surface area contributed by atoms with Crippen LogP contribution in [0.5, 0.6) is 0 Å². The van der Waals surface area contributed by atoms with Crippen LogP contribution in [-0.2, 0) is 4.79 Å². The first-order valence-electron chi connectivity index (χ1n) is 9.03. The van der Waals surface area contributed by atoms with Crippen LogP contribution in [0, 0.1) is 0 Å². The second kappa shape index (κ2) is 8.45. The SMILES string of the molecule is CC(C)c1ccc(-c2cccc3ncnc(N/C=C/CCC(=O)O)c23)cc1. The third kappa shape index (κ3) is 4.50. The van der Waals surface area contributed by atoms with Gasteiger partial charge in [0.1, 0.15) is 12.1 Å². The van der Waals surface area contributed by atoms with Crippen molar-refractivity contribution in [3.8, 4) is 11.1 Å². The lowest BCUT2D eigenvalue weighted by Gasteiger charge is -2.12. The number of carboxylic acid groups (broad SMARTS) is 1. The minimum absolute atomic E-state index is 0.107. The molecule has 0 radical (unpaired) electrons. The molecule has 3 aromatic rings. The summed E-state index contributed by atoms with van der Waals surface area (Å²) in [6.07, 6.45) is 5.64. The van der Waals surface area contributed by atoms with Crippen LogP contribution in [0.25, 0.3) is 22.0 Å². The summed E-state index contributed by atoms with van der Waals surface area (Å²) in [6.45, 7) is 4.36. The molecule has 0 bridgehead atoms. The molecule has 5 nitrogen and oxygen atoms in total. The molecule has 0 unspecified atom stereocenters. The van der Waals surface area contributed by atoms with E-state index in [1.165, 1.54) is 11.9 Å². The monoisotopic (exact) mass is 361 g/mol. The maximum Gasteiger partial charge on any atom is 0.303 e. The highest BCUT2D eigenvalue weighted by Gasteiger charge is 2.10. The number of rotatable bonds is 7. The van der Waals surface area contributed by atoms with Crippen molar-refractivity contribution >= 4 is 22.7 Å². The fourth-order valence-electron chi connectivity index (χ4n) is 2.94. The van der Waals surface area contributed by atoms with E-state index < -0.39 is 5.97 Å². The molecule has 0 spiro atoms. The van der Waals surface area contributed by atoms with Crippen molar-refractivity contribution in [1.82, 2.24) is 9.97 Å². The van der Waals surface area contributed by atoms with Crippen LogP contribution in [0.3, 0.4) is 0 Å². The number of nitrogens with one attached hydrogen (secondary N) is 1. The maximum absolute atomic E-state index is 10.6. The van der Waals surface area contributed by atoms with E-state index in [4.69, 9.17) is 5.11 Å². The number of hydrogen-bond donors (Lipinski definition) is 2. The fourth-order valence-corrected chi connectivity index (χ4v) is 2.94. The van der Waals surface area contributed by atoms with E-state index in [2.05, 4.69) is 59.5 Å². The number of hydrogen-bond acceptors (Lipinski definition) is 4. The van der Waals surface area contributed by atoms with E-state index >= 15 is 0 Å². The number of aliphatic carboxylic acids is 1. The molecule has 27 heavy (non-hydrogen) atoms. The Morgan fingerprint density at radius 2 is 1.93 bits per heavy atom. The second-order valence-electron chi connectivity index (χ2n) is 6.68. The fraction of sp³-hybridized carbons (Fsp3) is 0.227. The first kappa shape index (κ1) is 18.6. The van der Waals surface area contributed by atoms with Gasteiger partial charge in [0, 0.05) is 6.42 Å². The minimum atomic E-state index is -0.806. The van der Waals surface area contributed by atoms with Gasteiger partial charge >= 0.3 is 5.97 Å². The summed E-state index contributed by atoms with van der Waals surface area (Å²) in [5.41, 5.74) is 4.33. The van der Waals surface area contributed by atoms with E-state index in [-0.39, 0.29) is 6.42 Å². The Labute approximate surface area is 158 Å². The van der Waals surface area contributed by atoms with Crippen molar-refractivity contribution < 1.29 is 9.90 Å². The summed E-state index contributed by atoms with van der Waals surface area (Å²) in [6, 6.07) is 14.6. The van der Waals surface area contributed by atoms with Gasteiger partial charge in [-0.05, 0) is 41.3 Å². The molecule has 3 rings (SSSR count). The number of benzene rings is 2. The molecule has 0 fully saturated rings. The van der Waals surface area contributed by atoms with Gasteiger partial charge in [-0.15, -0.1) is 0 Å². The zero-order valence-electron chi connectivity index (χ0n) is 15.5. The van der Waals surface area contributed by atoms with Crippen molar-refractivity contribution in [2.24, 2.45) is 0 Å². The molecule has 0 saturated heterocycles. The number of carboxylic acids is 1. The normalized spacial score (nSPS) is 11.4. The Morgan fingerprint density at radius 3 is 2.63 bits per heavy atom. The number of aromatic nitrogens is 2. The number of fused-ring (bicyclic) bond motifs is 1. The van der Waals surface area contributed by atoms with Crippen LogP contribution >= 0.6 is 0 Å². The number of nitrogens with zero attached hydrogens (tertiary/aromatic N) is 2. The summed E-state index contributed by atoms with van der Waals surface area (Å²) in [5, 5.41) is 12.8. The van der Waals surface area contributed by atoms with Crippen LogP contribution < -0.4 is 5.32 Å². The van der Waals surface area contributed by atoms with Crippen LogP contribution in [0.15, 0.2) is 61.1 Å². The lowest BCUT2D eigenvalue weighted by atomic mass is 9.96. The van der Waals surface area contributed by atoms with Crippen molar-refractivity contribution in [2.75, 3.05) is 5.32 Å². The molecule has 0 saturated carbocycles. The maximum atomic E-state index is 10.6. The number of carbonyl (C=O) groups is 1. The molecule has 0 aliphatic rings. The average Bonchev–Trinajstić information content (AvgIpc) is 2.67. The van der Waals surface area contributed by atoms with Gasteiger partial charge in [0.25, 0.3) is 0 Å². The summed E-state index contributed by atoms with van der Waals surface area (Å²) in [7, 11) is 0. The number of anilines is 1. The van der Waals surface area contributed by atoms with Gasteiger partial charge in [-0.1, -0.05) is 56.3 Å². The van der Waals surface area contributed by atoms with E-state index in [1.54, 1.807) is 12.3 Å². The molecule has 1 heterocycles. The summed E-state index contributed by atoms with van der Waals surface area (Å²) in [4.78, 5) is 19.4. The summed E-state index contributed by atoms with van der Waals surface area (Å²) >= 11 is 0. The largest absolute Gasteiger partial charge is 0.481 e. The van der Waals surface area contributed by atoms with Crippen LogP contribution in [0.1, 0.15) is 38.2 Å². The molecule has 0 aliphatic heterocycles. The molecular formula is C22H23N3O2. The minimum Gasteiger partial charge on any atom is -0.481 e. The zero-order valence-corrected chi connectivity index (χ0v) is 15.5. The van der Waals surface area contributed by atoms with E-state index in [0.717, 1.165) is 22.0 Å².